The van der Waals surface area contributed by atoms with E-state index in [2.05, 4.69) is 0 Å². The highest BCUT2D eigenvalue weighted by atomic mass is 31.2. The Hall–Kier alpha value is -3.84. The lowest BCUT2D eigenvalue weighted by molar-refractivity contribution is 0.467. The van der Waals surface area contributed by atoms with E-state index in [1.165, 1.54) is 0 Å². The summed E-state index contributed by atoms with van der Waals surface area (Å²) >= 11 is 0. The first-order chi connectivity index (χ1) is 20.4. The molecule has 0 unspecified atom stereocenters. The summed E-state index contributed by atoms with van der Waals surface area (Å²) in [5.74, 6) is 0.958. The van der Waals surface area contributed by atoms with Crippen LogP contribution in [0.5, 0.6) is 11.5 Å². The maximum Gasteiger partial charge on any atom is 0.256 e. The monoisotopic (exact) mass is 594 g/mol. The van der Waals surface area contributed by atoms with Gasteiger partial charge in [-0.05, 0) is 40.3 Å². The third kappa shape index (κ3) is 8.35. The van der Waals surface area contributed by atoms with Gasteiger partial charge in [0.05, 0.1) is 24.6 Å². The molecule has 5 aromatic rings. The van der Waals surface area contributed by atoms with Crippen molar-refractivity contribution in [2.75, 3.05) is 0 Å². The van der Waals surface area contributed by atoms with Crippen molar-refractivity contribution in [3.63, 3.8) is 0 Å². The molecule has 0 saturated heterocycles. The smallest absolute Gasteiger partial charge is 0.256 e. The molecule has 0 saturated carbocycles. The van der Waals surface area contributed by atoms with Gasteiger partial charge in [-0.25, -0.2) is 0 Å². The number of hydrogen-bond acceptors (Lipinski definition) is 4. The Morgan fingerprint density at radius 1 is 0.476 bits per heavy atom. The molecule has 5 rings (SSSR count). The van der Waals surface area contributed by atoms with Crippen molar-refractivity contribution in [1.29, 1.82) is 0 Å². The van der Waals surface area contributed by atoms with Crippen LogP contribution in [0.1, 0.15) is 34.7 Å². The molecule has 0 N–H and O–H groups in total. The largest absolute Gasteiger partial charge is 0.442 e. The summed E-state index contributed by atoms with van der Waals surface area (Å²) in [5.41, 5.74) is 4.74. The summed E-state index contributed by atoms with van der Waals surface area (Å²) < 4.78 is 41.9. The van der Waals surface area contributed by atoms with Gasteiger partial charge in [0.15, 0.2) is 0 Å². The molecule has 42 heavy (non-hydrogen) atoms. The van der Waals surface area contributed by atoms with Crippen LogP contribution in [-0.2, 0) is 40.2 Å². The van der Waals surface area contributed by atoms with Crippen LogP contribution in [0.2, 0.25) is 0 Å². The van der Waals surface area contributed by atoms with Crippen molar-refractivity contribution in [2.45, 2.75) is 38.0 Å². The van der Waals surface area contributed by atoms with E-state index in [-0.39, 0.29) is 0 Å². The van der Waals surface area contributed by atoms with Gasteiger partial charge in [0.2, 0.25) is 0 Å². The average Bonchev–Trinajstić information content (AvgIpc) is 2.99. The molecule has 0 aromatic heterocycles. The second kappa shape index (κ2) is 13.9. The molecule has 0 aliphatic heterocycles. The molecule has 0 spiro atoms. The highest BCUT2D eigenvalue weighted by molar-refractivity contribution is 7.58. The quantitative estimate of drug-likeness (QED) is 0.127. The Kier molecular flexibility index (Phi) is 9.80. The average molecular weight is 595 g/mol. The molecule has 0 fully saturated rings. The van der Waals surface area contributed by atoms with Crippen LogP contribution in [0.4, 0.5) is 0 Å². The standard InChI is InChI=1S/C36H36O4P2/c1-2-34-23-24-35(39-41(37,26-30-15-7-3-8-16-30)27-31-17-9-4-10-18-31)25-36(34)40-42(38,28-32-19-11-5-12-20-32)29-33-21-13-6-14-22-33/h3-25H,2,26-29H2,1H3. The first-order valence-corrected chi connectivity index (χ1v) is 18.2. The van der Waals surface area contributed by atoms with Crippen molar-refractivity contribution in [1.82, 2.24) is 0 Å². The van der Waals surface area contributed by atoms with E-state index < -0.39 is 14.7 Å². The molecular weight excluding hydrogens is 558 g/mol. The van der Waals surface area contributed by atoms with E-state index in [0.717, 1.165) is 27.8 Å². The van der Waals surface area contributed by atoms with Gasteiger partial charge >= 0.3 is 0 Å². The van der Waals surface area contributed by atoms with Crippen LogP contribution in [0, 0.1) is 0 Å². The molecule has 4 nitrogen and oxygen atoms in total. The van der Waals surface area contributed by atoms with Crippen LogP contribution in [-0.4, -0.2) is 0 Å². The highest BCUT2D eigenvalue weighted by Gasteiger charge is 2.29. The minimum Gasteiger partial charge on any atom is -0.442 e. The Bertz CT molecular complexity index is 1570. The zero-order valence-electron chi connectivity index (χ0n) is 23.8. The highest BCUT2D eigenvalue weighted by Crippen LogP contribution is 2.56. The predicted octanol–water partition coefficient (Wildman–Crippen LogP) is 10.4. The Morgan fingerprint density at radius 2 is 0.833 bits per heavy atom. The molecular formula is C36H36O4P2. The molecule has 0 bridgehead atoms. The van der Waals surface area contributed by atoms with Crippen LogP contribution in [0.3, 0.4) is 0 Å². The minimum absolute atomic E-state index is 0.301. The molecule has 0 aliphatic rings. The molecule has 0 aliphatic carbocycles. The third-order valence-electron chi connectivity index (χ3n) is 7.02. The maximum atomic E-state index is 14.6. The van der Waals surface area contributed by atoms with Gasteiger partial charge in [0.1, 0.15) is 11.5 Å². The van der Waals surface area contributed by atoms with E-state index in [0.29, 0.717) is 42.6 Å². The SMILES string of the molecule is CCc1ccc(OP(=O)(Cc2ccccc2)Cc2ccccc2)cc1OP(=O)(Cc1ccccc1)Cc1ccccc1. The fraction of sp³-hybridized carbons (Fsp3) is 0.167. The molecule has 6 heteroatoms. The Morgan fingerprint density at radius 3 is 1.19 bits per heavy atom. The summed E-state index contributed by atoms with van der Waals surface area (Å²) in [7, 11) is -6.44. The summed E-state index contributed by atoms with van der Waals surface area (Å²) in [6.45, 7) is 2.04. The molecule has 0 heterocycles. The minimum atomic E-state index is -3.23. The maximum absolute atomic E-state index is 14.6. The third-order valence-corrected chi connectivity index (χ3v) is 11.5. The lowest BCUT2D eigenvalue weighted by atomic mass is 10.1. The van der Waals surface area contributed by atoms with Gasteiger partial charge in [-0.1, -0.05) is 134 Å². The second-order valence-corrected chi connectivity index (χ2v) is 15.4. The summed E-state index contributed by atoms with van der Waals surface area (Å²) in [6.07, 6.45) is 1.90. The first kappa shape index (κ1) is 29.6. The Labute approximate surface area is 249 Å². The van der Waals surface area contributed by atoms with Crippen molar-refractivity contribution in [3.05, 3.63) is 167 Å². The normalized spacial score (nSPS) is 11.6. The van der Waals surface area contributed by atoms with Crippen molar-refractivity contribution >= 4 is 14.7 Å². The number of aryl methyl sites for hydroxylation is 1. The van der Waals surface area contributed by atoms with Gasteiger partial charge in [-0.15, -0.1) is 0 Å². The molecule has 0 atom stereocenters. The fourth-order valence-electron chi connectivity index (χ4n) is 5.03. The number of benzene rings is 5. The molecule has 0 amide bonds. The first-order valence-electron chi connectivity index (χ1n) is 14.3. The zero-order valence-corrected chi connectivity index (χ0v) is 25.6. The predicted molar refractivity (Wildman–Crippen MR) is 173 cm³/mol. The summed E-state index contributed by atoms with van der Waals surface area (Å²) in [5, 5.41) is 0. The number of hydrogen-bond donors (Lipinski definition) is 0. The van der Waals surface area contributed by atoms with E-state index >= 15 is 0 Å². The van der Waals surface area contributed by atoms with Gasteiger partial charge in [0, 0.05) is 6.07 Å². The lowest BCUT2D eigenvalue weighted by Crippen LogP contribution is -2.04. The van der Waals surface area contributed by atoms with Crippen molar-refractivity contribution < 1.29 is 18.2 Å². The van der Waals surface area contributed by atoms with E-state index in [1.54, 1.807) is 6.07 Å². The Balaban J connectivity index is 1.47. The lowest BCUT2D eigenvalue weighted by Gasteiger charge is -2.24. The number of rotatable bonds is 13. The van der Waals surface area contributed by atoms with Gasteiger partial charge < -0.3 is 9.05 Å². The van der Waals surface area contributed by atoms with Crippen LogP contribution in [0.25, 0.3) is 0 Å². The van der Waals surface area contributed by atoms with Crippen molar-refractivity contribution in [2.24, 2.45) is 0 Å². The fourth-order valence-corrected chi connectivity index (χ4v) is 9.60. The topological polar surface area (TPSA) is 52.6 Å². The molecule has 5 aromatic carbocycles. The van der Waals surface area contributed by atoms with Crippen LogP contribution >= 0.6 is 14.7 Å². The van der Waals surface area contributed by atoms with Gasteiger partial charge in [0.25, 0.3) is 14.7 Å². The van der Waals surface area contributed by atoms with E-state index in [1.807, 2.05) is 140 Å². The summed E-state index contributed by atoms with van der Waals surface area (Å²) in [6, 6.07) is 44.7. The zero-order chi connectivity index (χ0) is 29.3. The second-order valence-electron chi connectivity index (χ2n) is 10.5. The van der Waals surface area contributed by atoms with Gasteiger partial charge in [-0.2, -0.15) is 0 Å². The van der Waals surface area contributed by atoms with E-state index in [9.17, 15) is 9.13 Å². The molecule has 0 radical (unpaired) electrons. The molecule has 214 valence electrons. The van der Waals surface area contributed by atoms with Crippen molar-refractivity contribution in [3.8, 4) is 11.5 Å². The van der Waals surface area contributed by atoms with Crippen LogP contribution in [0.15, 0.2) is 140 Å². The van der Waals surface area contributed by atoms with Crippen LogP contribution < -0.4 is 9.05 Å². The van der Waals surface area contributed by atoms with E-state index in [4.69, 9.17) is 9.05 Å². The van der Waals surface area contributed by atoms with Gasteiger partial charge in [-0.3, -0.25) is 9.13 Å². The summed E-state index contributed by atoms with van der Waals surface area (Å²) in [4.78, 5) is 0.